The second-order valence-corrected chi connectivity index (χ2v) is 3.96. The van der Waals surface area contributed by atoms with Crippen molar-refractivity contribution in [3.8, 4) is 0 Å². The van der Waals surface area contributed by atoms with Crippen molar-refractivity contribution in [2.24, 2.45) is 5.92 Å². The van der Waals surface area contributed by atoms with Gasteiger partial charge in [-0.1, -0.05) is 19.9 Å². The summed E-state index contributed by atoms with van der Waals surface area (Å²) in [6.45, 7) is 3.33. The second kappa shape index (κ2) is 5.07. The van der Waals surface area contributed by atoms with Crippen LogP contribution in [0, 0.1) is 16.0 Å². The monoisotopic (exact) mass is 237 g/mol. The van der Waals surface area contributed by atoms with Gasteiger partial charge in [0.1, 0.15) is 0 Å². The van der Waals surface area contributed by atoms with E-state index in [2.05, 4.69) is 0 Å². The van der Waals surface area contributed by atoms with E-state index >= 15 is 0 Å². The first kappa shape index (κ1) is 13.3. The van der Waals surface area contributed by atoms with Crippen molar-refractivity contribution in [2.45, 2.75) is 13.8 Å². The third-order valence-corrected chi connectivity index (χ3v) is 2.26. The number of non-ortho nitro benzene ring substituents is 1. The molecule has 0 atom stereocenters. The Labute approximate surface area is 98.2 Å². The summed E-state index contributed by atoms with van der Waals surface area (Å²) in [7, 11) is -1.84. The summed E-state index contributed by atoms with van der Waals surface area (Å²) in [6, 6.07) is 3.41. The molecule has 0 radical (unpaired) electrons. The number of hydrogen-bond donors (Lipinski definition) is 2. The van der Waals surface area contributed by atoms with E-state index < -0.39 is 12.0 Å². The Balaban J connectivity index is 3.31. The lowest BCUT2D eigenvalue weighted by molar-refractivity contribution is -0.384. The number of benzene rings is 1. The third kappa shape index (κ3) is 3.12. The molecule has 0 fully saturated rings. The number of ketones is 1. The number of rotatable bonds is 4. The van der Waals surface area contributed by atoms with Crippen molar-refractivity contribution in [2.75, 3.05) is 0 Å². The van der Waals surface area contributed by atoms with Crippen LogP contribution < -0.4 is 5.46 Å². The Hall–Kier alpha value is -1.73. The van der Waals surface area contributed by atoms with Gasteiger partial charge in [-0.05, 0) is 5.46 Å². The molecule has 2 N–H and O–H groups in total. The zero-order valence-corrected chi connectivity index (χ0v) is 9.45. The normalized spacial score (nSPS) is 10.4. The van der Waals surface area contributed by atoms with Crippen LogP contribution >= 0.6 is 0 Å². The van der Waals surface area contributed by atoms with Gasteiger partial charge in [0.25, 0.3) is 5.69 Å². The maximum absolute atomic E-state index is 11.7. The summed E-state index contributed by atoms with van der Waals surface area (Å²) in [5.41, 5.74) is -0.292. The molecule has 0 saturated heterocycles. The molecule has 7 heteroatoms. The molecule has 0 spiro atoms. The molecule has 0 aliphatic rings. The molecule has 17 heavy (non-hydrogen) atoms. The van der Waals surface area contributed by atoms with E-state index in [1.165, 1.54) is 6.07 Å². The molecule has 1 aromatic rings. The Morgan fingerprint density at radius 2 is 1.94 bits per heavy atom. The number of nitrogens with zero attached hydrogens (tertiary/aromatic N) is 1. The molecule has 0 aliphatic heterocycles. The second-order valence-electron chi connectivity index (χ2n) is 3.96. The van der Waals surface area contributed by atoms with Crippen molar-refractivity contribution in [3.05, 3.63) is 33.9 Å². The van der Waals surface area contributed by atoms with Crippen molar-refractivity contribution in [3.63, 3.8) is 0 Å². The highest BCUT2D eigenvalue weighted by atomic mass is 16.6. The van der Waals surface area contributed by atoms with Crippen molar-refractivity contribution in [1.29, 1.82) is 0 Å². The molecule has 0 heterocycles. The number of Topliss-reactive ketones (excluding diaryl/α,β-unsaturated/α-hetero) is 1. The summed E-state index contributed by atoms with van der Waals surface area (Å²) in [4.78, 5) is 21.7. The molecule has 0 aromatic heterocycles. The lowest BCUT2D eigenvalue weighted by Crippen LogP contribution is -2.31. The van der Waals surface area contributed by atoms with Gasteiger partial charge >= 0.3 is 7.12 Å². The van der Waals surface area contributed by atoms with Crippen LogP contribution in [0.3, 0.4) is 0 Å². The third-order valence-electron chi connectivity index (χ3n) is 2.26. The molecular weight excluding hydrogens is 225 g/mol. The predicted molar refractivity (Wildman–Crippen MR) is 62.1 cm³/mol. The molecule has 0 amide bonds. The predicted octanol–water partition coefficient (Wildman–Crippen LogP) is 0.113. The number of carbonyl (C=O) groups is 1. The maximum atomic E-state index is 11.7. The van der Waals surface area contributed by atoms with Gasteiger partial charge in [-0.15, -0.1) is 0 Å². The largest absolute Gasteiger partial charge is 0.488 e. The van der Waals surface area contributed by atoms with Crippen LogP contribution in [0.1, 0.15) is 24.2 Å². The fraction of sp³-hybridized carbons (Fsp3) is 0.300. The molecular formula is C10H12BNO5. The number of nitro groups is 1. The van der Waals surface area contributed by atoms with Crippen molar-refractivity contribution < 1.29 is 19.8 Å². The molecule has 0 unspecified atom stereocenters. The van der Waals surface area contributed by atoms with Crippen LogP contribution in [0.2, 0.25) is 0 Å². The van der Waals surface area contributed by atoms with Crippen LogP contribution in [0.5, 0.6) is 0 Å². The quantitative estimate of drug-likeness (QED) is 0.335. The van der Waals surface area contributed by atoms with E-state index in [0.717, 1.165) is 12.1 Å². The Morgan fingerprint density at radius 3 is 2.35 bits per heavy atom. The minimum Gasteiger partial charge on any atom is -0.423 e. The van der Waals surface area contributed by atoms with Gasteiger partial charge < -0.3 is 10.0 Å². The highest BCUT2D eigenvalue weighted by Gasteiger charge is 2.21. The van der Waals surface area contributed by atoms with Crippen LogP contribution in [0.15, 0.2) is 18.2 Å². The number of nitro benzene ring substituents is 1. The average Bonchev–Trinajstić information content (AvgIpc) is 2.27. The highest BCUT2D eigenvalue weighted by molar-refractivity contribution is 6.58. The SMILES string of the molecule is CC(C)C(=O)c1cc(B(O)O)cc([N+](=O)[O-])c1. The van der Waals surface area contributed by atoms with E-state index in [0.29, 0.717) is 0 Å². The average molecular weight is 237 g/mol. The number of carbonyl (C=O) groups excluding carboxylic acids is 1. The molecule has 6 nitrogen and oxygen atoms in total. The van der Waals surface area contributed by atoms with E-state index in [9.17, 15) is 14.9 Å². The van der Waals surface area contributed by atoms with Gasteiger partial charge in [-0.2, -0.15) is 0 Å². The standard InChI is InChI=1S/C10H12BNO5/c1-6(2)10(13)7-3-8(11(14)15)5-9(4-7)12(16)17/h3-6,14-15H,1-2H3. The highest BCUT2D eigenvalue weighted by Crippen LogP contribution is 2.15. The van der Waals surface area contributed by atoms with Crippen LogP contribution in [0.25, 0.3) is 0 Å². The summed E-state index contributed by atoms with van der Waals surface area (Å²) >= 11 is 0. The van der Waals surface area contributed by atoms with Crippen LogP contribution in [-0.4, -0.2) is 27.9 Å². The lowest BCUT2D eigenvalue weighted by Gasteiger charge is -2.06. The first-order chi connectivity index (χ1) is 7.82. The lowest BCUT2D eigenvalue weighted by atomic mass is 9.78. The first-order valence-electron chi connectivity index (χ1n) is 5.02. The van der Waals surface area contributed by atoms with Gasteiger partial charge in [-0.3, -0.25) is 14.9 Å². The molecule has 1 aromatic carbocycles. The molecule has 0 bridgehead atoms. The van der Waals surface area contributed by atoms with Crippen LogP contribution in [-0.2, 0) is 0 Å². The maximum Gasteiger partial charge on any atom is 0.488 e. The zero-order chi connectivity index (χ0) is 13.2. The topological polar surface area (TPSA) is 101 Å². The van der Waals surface area contributed by atoms with E-state index in [-0.39, 0.29) is 28.4 Å². The van der Waals surface area contributed by atoms with Gasteiger partial charge in [0.2, 0.25) is 0 Å². The zero-order valence-electron chi connectivity index (χ0n) is 9.45. The summed E-state index contributed by atoms with van der Waals surface area (Å²) in [6.07, 6.45) is 0. The Kier molecular flexibility index (Phi) is 3.98. The van der Waals surface area contributed by atoms with Gasteiger partial charge in [0.05, 0.1) is 4.92 Å². The minimum atomic E-state index is -1.84. The van der Waals surface area contributed by atoms with Gasteiger partial charge in [0, 0.05) is 23.6 Å². The summed E-state index contributed by atoms with van der Waals surface area (Å²) in [5, 5.41) is 28.6. The van der Waals surface area contributed by atoms with Gasteiger partial charge in [-0.25, -0.2) is 0 Å². The Bertz CT molecular complexity index is 458. The van der Waals surface area contributed by atoms with E-state index in [1.54, 1.807) is 13.8 Å². The van der Waals surface area contributed by atoms with Gasteiger partial charge in [0.15, 0.2) is 5.78 Å². The molecule has 90 valence electrons. The van der Waals surface area contributed by atoms with Crippen molar-refractivity contribution in [1.82, 2.24) is 0 Å². The fourth-order valence-electron chi connectivity index (χ4n) is 1.36. The van der Waals surface area contributed by atoms with E-state index in [4.69, 9.17) is 10.0 Å². The first-order valence-corrected chi connectivity index (χ1v) is 5.02. The Morgan fingerprint density at radius 1 is 1.35 bits per heavy atom. The minimum absolute atomic E-state index is 0.0665. The molecule has 0 aliphatic carbocycles. The number of hydrogen-bond acceptors (Lipinski definition) is 5. The smallest absolute Gasteiger partial charge is 0.423 e. The summed E-state index contributed by atoms with van der Waals surface area (Å²) in [5.74, 6) is -0.601. The van der Waals surface area contributed by atoms with Crippen LogP contribution in [0.4, 0.5) is 5.69 Å². The molecule has 0 saturated carbocycles. The molecule has 1 rings (SSSR count). The summed E-state index contributed by atoms with van der Waals surface area (Å²) < 4.78 is 0. The fourth-order valence-corrected chi connectivity index (χ4v) is 1.36. The van der Waals surface area contributed by atoms with Crippen molar-refractivity contribution >= 4 is 24.1 Å². The van der Waals surface area contributed by atoms with E-state index in [1.807, 2.05) is 0 Å².